The van der Waals surface area contributed by atoms with Gasteiger partial charge in [-0.05, 0) is 56.5 Å². The van der Waals surface area contributed by atoms with Gasteiger partial charge in [0.2, 0.25) is 0 Å². The summed E-state index contributed by atoms with van der Waals surface area (Å²) in [5.74, 6) is 2.91. The van der Waals surface area contributed by atoms with E-state index >= 15 is 0 Å². The number of hydrogen-bond donors (Lipinski definition) is 1. The first kappa shape index (κ1) is 17.8. The van der Waals surface area contributed by atoms with Crippen LogP contribution in [0.4, 0.5) is 0 Å². The zero-order valence-corrected chi connectivity index (χ0v) is 16.0. The molecular weight excluding hydrogens is 350 g/mol. The lowest BCUT2D eigenvalue weighted by molar-refractivity contribution is 0.288. The van der Waals surface area contributed by atoms with Gasteiger partial charge in [-0.1, -0.05) is 17.7 Å². The maximum absolute atomic E-state index is 6.42. The van der Waals surface area contributed by atoms with E-state index in [1.54, 1.807) is 0 Å². The van der Waals surface area contributed by atoms with E-state index < -0.39 is 0 Å². The Balaban J connectivity index is 1.37. The third-order valence-electron chi connectivity index (χ3n) is 5.50. The molecule has 1 saturated carbocycles. The van der Waals surface area contributed by atoms with Crippen LogP contribution >= 0.6 is 11.6 Å². The summed E-state index contributed by atoms with van der Waals surface area (Å²) in [6.07, 6.45) is 4.55. The first-order valence-electron chi connectivity index (χ1n) is 9.37. The zero-order chi connectivity index (χ0) is 18.1. The number of benzene rings is 1. The van der Waals surface area contributed by atoms with Gasteiger partial charge >= 0.3 is 0 Å². The lowest BCUT2D eigenvalue weighted by atomic mass is 9.80. The van der Waals surface area contributed by atoms with E-state index in [1.807, 2.05) is 23.7 Å². The van der Waals surface area contributed by atoms with Gasteiger partial charge in [-0.15, -0.1) is 10.2 Å². The van der Waals surface area contributed by atoms with Crippen LogP contribution in [-0.4, -0.2) is 38.8 Å². The second kappa shape index (κ2) is 7.55. The quantitative estimate of drug-likeness (QED) is 0.840. The van der Waals surface area contributed by atoms with Crippen molar-refractivity contribution >= 4 is 11.6 Å². The Morgan fingerprint density at radius 1 is 1.23 bits per heavy atom. The SMILES string of the molecule is Cn1c(COc2ccc(CN3CCCC3)cc2Cl)nnc1C1CC(N)C1. The van der Waals surface area contributed by atoms with Gasteiger partial charge in [0.25, 0.3) is 0 Å². The summed E-state index contributed by atoms with van der Waals surface area (Å²) in [6, 6.07) is 6.36. The van der Waals surface area contributed by atoms with Crippen LogP contribution in [-0.2, 0) is 20.2 Å². The zero-order valence-electron chi connectivity index (χ0n) is 15.2. The van der Waals surface area contributed by atoms with Crippen LogP contribution in [0.1, 0.15) is 48.8 Å². The number of nitrogens with two attached hydrogens (primary N) is 1. The molecule has 2 fully saturated rings. The molecule has 0 unspecified atom stereocenters. The predicted octanol–water partition coefficient (Wildman–Crippen LogP) is 2.85. The minimum atomic E-state index is 0.300. The largest absolute Gasteiger partial charge is 0.484 e. The molecule has 6 nitrogen and oxygen atoms in total. The van der Waals surface area contributed by atoms with Crippen molar-refractivity contribution in [3.8, 4) is 5.75 Å². The van der Waals surface area contributed by atoms with Crippen LogP contribution in [0.15, 0.2) is 18.2 Å². The summed E-state index contributed by atoms with van der Waals surface area (Å²) in [4.78, 5) is 2.46. The highest BCUT2D eigenvalue weighted by Crippen LogP contribution is 2.34. The Kier molecular flexibility index (Phi) is 5.16. The second-order valence-electron chi connectivity index (χ2n) is 7.50. The normalized spacial score (nSPS) is 23.2. The van der Waals surface area contributed by atoms with Crippen molar-refractivity contribution in [2.75, 3.05) is 13.1 Å². The van der Waals surface area contributed by atoms with Crippen LogP contribution in [0.5, 0.6) is 5.75 Å². The minimum absolute atomic E-state index is 0.300. The fraction of sp³-hybridized carbons (Fsp3) is 0.579. The van der Waals surface area contributed by atoms with Crippen LogP contribution in [0, 0.1) is 0 Å². The molecule has 1 aromatic carbocycles. The van der Waals surface area contributed by atoms with Gasteiger partial charge in [-0.3, -0.25) is 4.90 Å². The van der Waals surface area contributed by atoms with Crippen molar-refractivity contribution in [3.63, 3.8) is 0 Å². The summed E-state index contributed by atoms with van der Waals surface area (Å²) in [7, 11) is 1.98. The van der Waals surface area contributed by atoms with Crippen molar-refractivity contribution in [2.45, 2.75) is 50.8 Å². The Hall–Kier alpha value is -1.63. The van der Waals surface area contributed by atoms with Crippen molar-refractivity contribution in [2.24, 2.45) is 12.8 Å². The van der Waals surface area contributed by atoms with Gasteiger partial charge in [0.1, 0.15) is 18.2 Å². The summed E-state index contributed by atoms with van der Waals surface area (Å²) < 4.78 is 7.92. The third-order valence-corrected chi connectivity index (χ3v) is 5.79. The van der Waals surface area contributed by atoms with E-state index in [-0.39, 0.29) is 0 Å². The minimum Gasteiger partial charge on any atom is -0.484 e. The lowest BCUT2D eigenvalue weighted by Crippen LogP contribution is -2.36. The average molecular weight is 376 g/mol. The average Bonchev–Trinajstić information content (AvgIpc) is 3.22. The molecule has 26 heavy (non-hydrogen) atoms. The number of nitrogens with zero attached hydrogens (tertiary/aromatic N) is 4. The molecule has 7 heteroatoms. The van der Waals surface area contributed by atoms with E-state index in [4.69, 9.17) is 22.1 Å². The van der Waals surface area contributed by atoms with Crippen LogP contribution in [0.3, 0.4) is 0 Å². The molecule has 1 aliphatic carbocycles. The van der Waals surface area contributed by atoms with Gasteiger partial charge in [0, 0.05) is 25.6 Å². The molecule has 1 aliphatic heterocycles. The number of ether oxygens (including phenoxy) is 1. The number of likely N-dealkylation sites (tertiary alicyclic amines) is 1. The molecule has 140 valence electrons. The molecule has 1 aromatic heterocycles. The fourth-order valence-corrected chi connectivity index (χ4v) is 4.09. The van der Waals surface area contributed by atoms with Crippen LogP contribution < -0.4 is 10.5 Å². The topological polar surface area (TPSA) is 69.2 Å². The van der Waals surface area contributed by atoms with Gasteiger partial charge < -0.3 is 15.0 Å². The highest BCUT2D eigenvalue weighted by Gasteiger charge is 2.31. The van der Waals surface area contributed by atoms with E-state index in [0.717, 1.165) is 31.0 Å². The number of aromatic nitrogens is 3. The summed E-state index contributed by atoms with van der Waals surface area (Å²) in [5.41, 5.74) is 7.11. The number of halogens is 1. The Morgan fingerprint density at radius 2 is 2.00 bits per heavy atom. The molecule has 2 aliphatic rings. The van der Waals surface area contributed by atoms with E-state index in [2.05, 4.69) is 21.2 Å². The van der Waals surface area contributed by atoms with E-state index in [9.17, 15) is 0 Å². The molecule has 2 N–H and O–H groups in total. The Morgan fingerprint density at radius 3 is 2.69 bits per heavy atom. The predicted molar refractivity (Wildman–Crippen MR) is 101 cm³/mol. The van der Waals surface area contributed by atoms with Crippen molar-refractivity contribution < 1.29 is 4.74 Å². The second-order valence-corrected chi connectivity index (χ2v) is 7.91. The van der Waals surface area contributed by atoms with Crippen molar-refractivity contribution in [1.82, 2.24) is 19.7 Å². The van der Waals surface area contributed by atoms with Gasteiger partial charge in [-0.25, -0.2) is 0 Å². The molecule has 0 amide bonds. The molecule has 0 spiro atoms. The summed E-state index contributed by atoms with van der Waals surface area (Å²) >= 11 is 6.42. The number of hydrogen-bond acceptors (Lipinski definition) is 5. The molecular formula is C19H26ClN5O. The molecule has 4 rings (SSSR count). The van der Waals surface area contributed by atoms with Crippen LogP contribution in [0.25, 0.3) is 0 Å². The lowest BCUT2D eigenvalue weighted by Gasteiger charge is -2.31. The maximum atomic E-state index is 6.42. The first-order valence-corrected chi connectivity index (χ1v) is 9.75. The van der Waals surface area contributed by atoms with Gasteiger partial charge in [-0.2, -0.15) is 0 Å². The third kappa shape index (κ3) is 3.72. The van der Waals surface area contributed by atoms with Gasteiger partial charge in [0.15, 0.2) is 5.82 Å². The smallest absolute Gasteiger partial charge is 0.170 e. The van der Waals surface area contributed by atoms with Crippen molar-refractivity contribution in [3.05, 3.63) is 40.4 Å². The van der Waals surface area contributed by atoms with E-state index in [0.29, 0.717) is 29.3 Å². The molecule has 2 heterocycles. The van der Waals surface area contributed by atoms with Crippen LogP contribution in [0.2, 0.25) is 5.02 Å². The summed E-state index contributed by atoms with van der Waals surface area (Å²) in [6.45, 7) is 3.66. The first-order chi connectivity index (χ1) is 12.6. The van der Waals surface area contributed by atoms with Crippen molar-refractivity contribution in [1.29, 1.82) is 0 Å². The maximum Gasteiger partial charge on any atom is 0.170 e. The number of rotatable bonds is 6. The fourth-order valence-electron chi connectivity index (χ4n) is 3.83. The summed E-state index contributed by atoms with van der Waals surface area (Å²) in [5, 5.41) is 9.24. The highest BCUT2D eigenvalue weighted by atomic mass is 35.5. The highest BCUT2D eigenvalue weighted by molar-refractivity contribution is 6.32. The molecule has 2 aromatic rings. The molecule has 0 bridgehead atoms. The van der Waals surface area contributed by atoms with Gasteiger partial charge in [0.05, 0.1) is 5.02 Å². The monoisotopic (exact) mass is 375 g/mol. The standard InChI is InChI=1S/C19H26ClN5O/c1-24-18(22-23-19(24)14-9-15(21)10-14)12-26-17-5-4-13(8-16(17)20)11-25-6-2-3-7-25/h4-5,8,14-15H,2-3,6-7,9-12,21H2,1H3. The Labute approximate surface area is 159 Å². The molecule has 0 radical (unpaired) electrons. The molecule has 1 saturated heterocycles. The molecule has 0 atom stereocenters. The van der Waals surface area contributed by atoms with E-state index in [1.165, 1.54) is 31.5 Å². The Bertz CT molecular complexity index is 765.